The maximum atomic E-state index is 13.2. The maximum absolute atomic E-state index is 13.2. The molecule has 4 aromatic heterocycles. The summed E-state index contributed by atoms with van der Waals surface area (Å²) in [6.45, 7) is 21.8. The lowest BCUT2D eigenvalue weighted by atomic mass is 10.1. The number of nitrogens with zero attached hydrogens (tertiary/aromatic N) is 6. The van der Waals surface area contributed by atoms with Gasteiger partial charge in [-0.15, -0.1) is 0 Å². The summed E-state index contributed by atoms with van der Waals surface area (Å²) in [5.74, 6) is -0.506. The number of hydrogen-bond donors (Lipinski definition) is 0. The molecule has 0 aliphatic heterocycles. The second-order valence-corrected chi connectivity index (χ2v) is 9.29. The molecule has 8 heteroatoms. The van der Waals surface area contributed by atoms with Gasteiger partial charge in [0.15, 0.2) is 17.3 Å². The van der Waals surface area contributed by atoms with E-state index in [4.69, 9.17) is 0 Å². The third-order valence-electron chi connectivity index (χ3n) is 5.64. The van der Waals surface area contributed by atoms with Crippen LogP contribution in [0.4, 0.5) is 8.78 Å². The molecule has 42 heavy (non-hydrogen) atoms. The van der Waals surface area contributed by atoms with Crippen LogP contribution in [0.15, 0.2) is 55.1 Å². The quantitative estimate of drug-likeness (QED) is 0.180. The Morgan fingerprint density at radius 2 is 1.02 bits per heavy atom. The lowest BCUT2D eigenvalue weighted by Crippen LogP contribution is -1.89. The fourth-order valence-electron chi connectivity index (χ4n) is 4.28. The first-order valence-electron chi connectivity index (χ1n) is 14.6. The third-order valence-corrected chi connectivity index (χ3v) is 5.64. The highest BCUT2D eigenvalue weighted by Gasteiger charge is 2.05. The summed E-state index contributed by atoms with van der Waals surface area (Å²) < 4.78 is 31.5. The van der Waals surface area contributed by atoms with E-state index in [1.807, 2.05) is 98.7 Å². The Kier molecular flexibility index (Phi) is 14.6. The predicted octanol–water partition coefficient (Wildman–Crippen LogP) is 9.38. The van der Waals surface area contributed by atoms with Crippen LogP contribution in [0, 0.1) is 46.3 Å². The zero-order valence-corrected chi connectivity index (χ0v) is 27.6. The maximum Gasteiger partial charge on any atom is 0.173 e. The third kappa shape index (κ3) is 9.50. The van der Waals surface area contributed by atoms with Crippen molar-refractivity contribution in [2.75, 3.05) is 0 Å². The van der Waals surface area contributed by atoms with E-state index in [9.17, 15) is 8.78 Å². The molecule has 0 radical (unpaired) electrons. The van der Waals surface area contributed by atoms with Gasteiger partial charge in [0, 0.05) is 49.7 Å². The average molecular weight is 579 g/mol. The number of benzene rings is 2. The van der Waals surface area contributed by atoms with E-state index in [1.165, 1.54) is 28.6 Å². The van der Waals surface area contributed by atoms with Crippen LogP contribution < -0.4 is 0 Å². The van der Waals surface area contributed by atoms with E-state index >= 15 is 0 Å². The van der Waals surface area contributed by atoms with Crippen LogP contribution in [0.5, 0.6) is 0 Å². The van der Waals surface area contributed by atoms with Gasteiger partial charge in [-0.3, -0.25) is 9.36 Å². The van der Waals surface area contributed by atoms with Gasteiger partial charge in [0.05, 0.1) is 11.2 Å². The first-order valence-corrected chi connectivity index (χ1v) is 14.6. The standard InChI is InChI=1S/C10H12N2.2C9H9FN2.3C2H6/c1-7-4-8(2)10-9(5-7)6-12(3)11-10;1-6-3-7-5-12(2)11-9(7)8(10)4-6;1-6-3-8(10)9-11-7(2)5-12(9)4-6;3*1-2/h4-6H,1-3H3;2*3-5H,1-2H3;3*1-2H3. The second kappa shape index (κ2) is 17.0. The fraction of sp³-hybridized carbons (Fsp3) is 0.382. The van der Waals surface area contributed by atoms with E-state index in [-0.39, 0.29) is 11.6 Å². The summed E-state index contributed by atoms with van der Waals surface area (Å²) in [5, 5.41) is 10.5. The van der Waals surface area contributed by atoms with E-state index in [2.05, 4.69) is 47.4 Å². The number of hydrogen-bond acceptors (Lipinski definition) is 3. The van der Waals surface area contributed by atoms with Crippen molar-refractivity contribution in [2.45, 2.75) is 76.2 Å². The van der Waals surface area contributed by atoms with Crippen LogP contribution in [-0.2, 0) is 14.1 Å². The van der Waals surface area contributed by atoms with Gasteiger partial charge in [-0.05, 0) is 75.6 Å². The number of halogens is 2. The minimum atomic E-state index is -0.261. The van der Waals surface area contributed by atoms with Gasteiger partial charge in [-0.25, -0.2) is 13.8 Å². The molecule has 0 spiro atoms. The summed E-state index contributed by atoms with van der Waals surface area (Å²) in [6, 6.07) is 9.23. The zero-order chi connectivity index (χ0) is 32.1. The lowest BCUT2D eigenvalue weighted by Gasteiger charge is -1.96. The Balaban J connectivity index is 0.000000289. The van der Waals surface area contributed by atoms with Crippen molar-refractivity contribution in [1.82, 2.24) is 28.9 Å². The summed E-state index contributed by atoms with van der Waals surface area (Å²) in [4.78, 5) is 4.04. The lowest BCUT2D eigenvalue weighted by molar-refractivity contribution is 0.628. The Morgan fingerprint density at radius 3 is 1.60 bits per heavy atom. The topological polar surface area (TPSA) is 52.9 Å². The molecular weight excluding hydrogens is 530 g/mol. The van der Waals surface area contributed by atoms with Gasteiger partial charge in [-0.2, -0.15) is 10.2 Å². The van der Waals surface area contributed by atoms with Gasteiger partial charge in [0.25, 0.3) is 0 Å². The largest absolute Gasteiger partial charge is 0.304 e. The molecule has 6 aromatic rings. The molecule has 0 amide bonds. The van der Waals surface area contributed by atoms with Crippen molar-refractivity contribution >= 4 is 27.5 Å². The minimum absolute atomic E-state index is 0.245. The number of imidazole rings is 1. The number of fused-ring (bicyclic) bond motifs is 3. The summed E-state index contributed by atoms with van der Waals surface area (Å²) in [6.07, 6.45) is 7.53. The highest BCUT2D eigenvalue weighted by atomic mass is 19.1. The highest BCUT2D eigenvalue weighted by Crippen LogP contribution is 2.18. The minimum Gasteiger partial charge on any atom is -0.304 e. The van der Waals surface area contributed by atoms with Crippen LogP contribution in [-0.4, -0.2) is 28.9 Å². The highest BCUT2D eigenvalue weighted by molar-refractivity contribution is 5.82. The van der Waals surface area contributed by atoms with Crippen molar-refractivity contribution < 1.29 is 8.78 Å². The SMILES string of the molecule is CC.CC.CC.Cc1cc(C)c2nn(C)cc2c1.Cc1cc(F)c2nc(C)cn2c1.Cc1cc(F)c2nn(C)cc2c1. The molecule has 6 rings (SSSR count). The molecule has 0 aliphatic carbocycles. The van der Waals surface area contributed by atoms with Crippen molar-refractivity contribution in [3.63, 3.8) is 0 Å². The summed E-state index contributed by atoms with van der Waals surface area (Å²) in [7, 11) is 3.74. The number of aromatic nitrogens is 6. The molecule has 0 saturated heterocycles. The predicted molar refractivity (Wildman–Crippen MR) is 174 cm³/mol. The average Bonchev–Trinajstić information content (AvgIpc) is 3.63. The molecule has 0 bridgehead atoms. The Bertz CT molecular complexity index is 1490. The van der Waals surface area contributed by atoms with Gasteiger partial charge in [-0.1, -0.05) is 53.2 Å². The fourth-order valence-corrected chi connectivity index (χ4v) is 4.28. The molecule has 2 aromatic carbocycles. The van der Waals surface area contributed by atoms with Crippen LogP contribution in [0.3, 0.4) is 0 Å². The van der Waals surface area contributed by atoms with Gasteiger partial charge in [0.2, 0.25) is 0 Å². The van der Waals surface area contributed by atoms with Gasteiger partial charge in [0.1, 0.15) is 5.52 Å². The van der Waals surface area contributed by atoms with Crippen LogP contribution in [0.2, 0.25) is 0 Å². The van der Waals surface area contributed by atoms with E-state index in [1.54, 1.807) is 16.1 Å². The molecule has 0 aliphatic rings. The molecule has 6 nitrogen and oxygen atoms in total. The summed E-state index contributed by atoms with van der Waals surface area (Å²) >= 11 is 0. The van der Waals surface area contributed by atoms with Crippen molar-refractivity contribution in [1.29, 1.82) is 0 Å². The monoisotopic (exact) mass is 578 g/mol. The first kappa shape index (κ1) is 36.0. The summed E-state index contributed by atoms with van der Waals surface area (Å²) in [5.41, 5.74) is 7.17. The number of pyridine rings is 1. The second-order valence-electron chi connectivity index (χ2n) is 9.29. The molecule has 0 unspecified atom stereocenters. The Morgan fingerprint density at radius 1 is 0.548 bits per heavy atom. The van der Waals surface area contributed by atoms with Crippen LogP contribution >= 0.6 is 0 Å². The Hall–Kier alpha value is -4.07. The molecule has 0 atom stereocenters. The van der Waals surface area contributed by atoms with Gasteiger partial charge < -0.3 is 4.40 Å². The number of aryl methyl sites for hydroxylation is 7. The van der Waals surface area contributed by atoms with E-state index in [0.717, 1.165) is 27.7 Å². The smallest absolute Gasteiger partial charge is 0.173 e. The molecule has 0 N–H and O–H groups in total. The van der Waals surface area contributed by atoms with Crippen LogP contribution in [0.1, 0.15) is 69.5 Å². The normalized spacial score (nSPS) is 9.79. The first-order chi connectivity index (χ1) is 20.0. The van der Waals surface area contributed by atoms with Crippen molar-refractivity contribution in [3.8, 4) is 0 Å². The Labute approximate surface area is 250 Å². The van der Waals surface area contributed by atoms with Crippen molar-refractivity contribution in [2.24, 2.45) is 14.1 Å². The van der Waals surface area contributed by atoms with E-state index < -0.39 is 0 Å². The zero-order valence-electron chi connectivity index (χ0n) is 27.6. The van der Waals surface area contributed by atoms with E-state index in [0.29, 0.717) is 11.2 Å². The van der Waals surface area contributed by atoms with Crippen molar-refractivity contribution in [3.05, 3.63) is 94.7 Å². The molecular formula is C34H48F2N6. The van der Waals surface area contributed by atoms with Crippen LogP contribution in [0.25, 0.3) is 27.5 Å². The molecule has 0 fully saturated rings. The van der Waals surface area contributed by atoms with Gasteiger partial charge >= 0.3 is 0 Å². The molecule has 4 heterocycles. The molecule has 0 saturated carbocycles. The molecule has 228 valence electrons. The number of rotatable bonds is 0.